The average Bonchev–Trinajstić information content (AvgIpc) is 2.52. The van der Waals surface area contributed by atoms with E-state index in [1.54, 1.807) is 6.20 Å². The Bertz CT molecular complexity index is 444. The van der Waals surface area contributed by atoms with E-state index in [1.165, 1.54) is 0 Å². The van der Waals surface area contributed by atoms with Crippen LogP contribution in [0.1, 0.15) is 38.5 Å². The van der Waals surface area contributed by atoms with Gasteiger partial charge in [0.15, 0.2) is 0 Å². The molecule has 1 aliphatic heterocycles. The van der Waals surface area contributed by atoms with Crippen molar-refractivity contribution in [3.8, 4) is 5.75 Å². The number of halogens is 1. The van der Waals surface area contributed by atoms with Crippen LogP contribution in [0.5, 0.6) is 5.75 Å². The summed E-state index contributed by atoms with van der Waals surface area (Å²) in [5, 5.41) is 3.39. The third-order valence-corrected chi connectivity index (χ3v) is 5.13. The Morgan fingerprint density at radius 2 is 1.67 bits per heavy atom. The molecule has 0 atom stereocenters. The molecule has 1 aliphatic carbocycles. The lowest BCUT2D eigenvalue weighted by atomic mass is 9.94. The van der Waals surface area contributed by atoms with Gasteiger partial charge in [0.05, 0.1) is 21.9 Å². The highest BCUT2D eigenvalue weighted by Crippen LogP contribution is 2.28. The highest BCUT2D eigenvalue weighted by Gasteiger charge is 2.26. The Kier molecular flexibility index (Phi) is 5.71. The zero-order chi connectivity index (χ0) is 14.5. The Morgan fingerprint density at radius 3 is 2.38 bits per heavy atom. The lowest BCUT2D eigenvalue weighted by Gasteiger charge is -2.33. The summed E-state index contributed by atoms with van der Waals surface area (Å²) in [5.41, 5.74) is 0. The largest absolute Gasteiger partial charge is 0.489 e. The van der Waals surface area contributed by atoms with Crippen molar-refractivity contribution in [1.82, 2.24) is 10.3 Å². The molecular formula is C16H23IN2O2. The molecule has 0 aromatic carbocycles. The van der Waals surface area contributed by atoms with Gasteiger partial charge in [-0.1, -0.05) is 0 Å². The van der Waals surface area contributed by atoms with Gasteiger partial charge in [0.25, 0.3) is 0 Å². The van der Waals surface area contributed by atoms with Crippen LogP contribution in [0.15, 0.2) is 18.5 Å². The number of pyridine rings is 1. The van der Waals surface area contributed by atoms with Gasteiger partial charge in [-0.25, -0.2) is 0 Å². The Balaban J connectivity index is 1.43. The van der Waals surface area contributed by atoms with Crippen LogP contribution < -0.4 is 10.1 Å². The molecule has 1 saturated carbocycles. The fraction of sp³-hybridized carbons (Fsp3) is 0.688. The Hall–Kier alpha value is -0.400. The van der Waals surface area contributed by atoms with Crippen LogP contribution in [0.25, 0.3) is 0 Å². The topological polar surface area (TPSA) is 43.4 Å². The number of nitrogens with one attached hydrogen (secondary N) is 1. The van der Waals surface area contributed by atoms with Crippen LogP contribution in [-0.2, 0) is 4.74 Å². The molecule has 3 rings (SSSR count). The van der Waals surface area contributed by atoms with E-state index in [2.05, 4.69) is 32.9 Å². The molecule has 2 heterocycles. The summed E-state index contributed by atoms with van der Waals surface area (Å²) in [7, 11) is 0. The first kappa shape index (κ1) is 15.5. The number of rotatable bonds is 4. The molecule has 0 unspecified atom stereocenters. The highest BCUT2D eigenvalue weighted by atomic mass is 127. The third-order valence-electron chi connectivity index (χ3n) is 4.32. The molecule has 0 bridgehead atoms. The quantitative estimate of drug-likeness (QED) is 0.786. The SMILES string of the molecule is Ic1cnccc1O[C@H]1CC[C@H](OC2CCNCC2)CC1. The van der Waals surface area contributed by atoms with Crippen molar-refractivity contribution in [2.75, 3.05) is 13.1 Å². The average molecular weight is 402 g/mol. The molecule has 1 N–H and O–H groups in total. The van der Waals surface area contributed by atoms with Gasteiger partial charge in [0.2, 0.25) is 0 Å². The predicted molar refractivity (Wildman–Crippen MR) is 90.6 cm³/mol. The second kappa shape index (κ2) is 7.74. The fourth-order valence-electron chi connectivity index (χ4n) is 3.13. The molecule has 0 amide bonds. The van der Waals surface area contributed by atoms with Crippen LogP contribution >= 0.6 is 22.6 Å². The second-order valence-corrected chi connectivity index (χ2v) is 7.07. The fourth-order valence-corrected chi connectivity index (χ4v) is 3.60. The number of hydrogen-bond donors (Lipinski definition) is 1. The highest BCUT2D eigenvalue weighted by molar-refractivity contribution is 14.1. The van der Waals surface area contributed by atoms with Crippen molar-refractivity contribution in [1.29, 1.82) is 0 Å². The molecule has 1 saturated heterocycles. The van der Waals surface area contributed by atoms with E-state index in [4.69, 9.17) is 9.47 Å². The van der Waals surface area contributed by atoms with E-state index in [1.807, 2.05) is 12.3 Å². The van der Waals surface area contributed by atoms with Gasteiger partial charge in [0.1, 0.15) is 5.75 Å². The summed E-state index contributed by atoms with van der Waals surface area (Å²) < 4.78 is 13.4. The predicted octanol–water partition coefficient (Wildman–Crippen LogP) is 3.14. The Morgan fingerprint density at radius 1 is 1.00 bits per heavy atom. The normalized spacial score (nSPS) is 27.5. The van der Waals surface area contributed by atoms with Gasteiger partial charge in [-0.2, -0.15) is 0 Å². The summed E-state index contributed by atoms with van der Waals surface area (Å²) in [6.45, 7) is 2.20. The molecule has 0 spiro atoms. The van der Waals surface area contributed by atoms with Gasteiger partial charge in [-0.15, -0.1) is 0 Å². The minimum Gasteiger partial charge on any atom is -0.489 e. The van der Waals surface area contributed by atoms with E-state index in [-0.39, 0.29) is 0 Å². The van der Waals surface area contributed by atoms with E-state index in [9.17, 15) is 0 Å². The Labute approximate surface area is 140 Å². The zero-order valence-electron chi connectivity index (χ0n) is 12.3. The third kappa shape index (κ3) is 4.53. The summed E-state index contributed by atoms with van der Waals surface area (Å²) in [5.74, 6) is 0.966. The standard InChI is InChI=1S/C16H23IN2O2/c17-15-11-19-10-7-16(15)21-13-3-1-12(2-4-13)20-14-5-8-18-9-6-14/h7,10-14,18H,1-6,8-9H2/t12-,13-. The summed E-state index contributed by atoms with van der Waals surface area (Å²) >= 11 is 2.28. The summed E-state index contributed by atoms with van der Waals surface area (Å²) in [6, 6.07) is 1.96. The number of ether oxygens (including phenoxy) is 2. The molecule has 116 valence electrons. The molecule has 1 aromatic rings. The van der Waals surface area contributed by atoms with Crippen molar-refractivity contribution < 1.29 is 9.47 Å². The van der Waals surface area contributed by atoms with Crippen molar-refractivity contribution >= 4 is 22.6 Å². The molecule has 2 fully saturated rings. The van der Waals surface area contributed by atoms with E-state index in [0.717, 1.165) is 60.9 Å². The van der Waals surface area contributed by atoms with Gasteiger partial charge in [0, 0.05) is 12.4 Å². The first-order valence-electron chi connectivity index (χ1n) is 7.93. The van der Waals surface area contributed by atoms with Gasteiger partial charge in [-0.3, -0.25) is 4.98 Å². The first-order valence-corrected chi connectivity index (χ1v) is 9.01. The van der Waals surface area contributed by atoms with Crippen molar-refractivity contribution in [3.05, 3.63) is 22.0 Å². The maximum absolute atomic E-state index is 6.25. The maximum Gasteiger partial charge on any atom is 0.136 e. The second-order valence-electron chi connectivity index (χ2n) is 5.91. The summed E-state index contributed by atoms with van der Waals surface area (Å²) in [6.07, 6.45) is 11.6. The van der Waals surface area contributed by atoms with Crippen LogP contribution in [0.4, 0.5) is 0 Å². The molecule has 21 heavy (non-hydrogen) atoms. The molecule has 4 nitrogen and oxygen atoms in total. The van der Waals surface area contributed by atoms with Gasteiger partial charge >= 0.3 is 0 Å². The van der Waals surface area contributed by atoms with Gasteiger partial charge in [-0.05, 0) is 80.3 Å². The van der Waals surface area contributed by atoms with Gasteiger partial charge < -0.3 is 14.8 Å². The van der Waals surface area contributed by atoms with Crippen LogP contribution in [-0.4, -0.2) is 36.4 Å². The summed E-state index contributed by atoms with van der Waals surface area (Å²) in [4.78, 5) is 4.10. The minimum atomic E-state index is 0.328. The van der Waals surface area contributed by atoms with E-state index in [0.29, 0.717) is 18.3 Å². The molecule has 1 aromatic heterocycles. The molecular weight excluding hydrogens is 379 g/mol. The lowest BCUT2D eigenvalue weighted by molar-refractivity contribution is -0.0549. The van der Waals surface area contributed by atoms with Crippen molar-refractivity contribution in [3.63, 3.8) is 0 Å². The first-order chi connectivity index (χ1) is 10.3. The monoisotopic (exact) mass is 402 g/mol. The van der Waals surface area contributed by atoms with Crippen LogP contribution in [0.3, 0.4) is 0 Å². The number of hydrogen-bond acceptors (Lipinski definition) is 4. The van der Waals surface area contributed by atoms with Crippen molar-refractivity contribution in [2.45, 2.75) is 56.8 Å². The smallest absolute Gasteiger partial charge is 0.136 e. The number of piperidine rings is 1. The molecule has 2 aliphatic rings. The lowest BCUT2D eigenvalue weighted by Crippen LogP contribution is -2.37. The maximum atomic E-state index is 6.25. The van der Waals surface area contributed by atoms with E-state index < -0.39 is 0 Å². The zero-order valence-corrected chi connectivity index (χ0v) is 14.4. The number of aromatic nitrogens is 1. The minimum absolute atomic E-state index is 0.328. The van der Waals surface area contributed by atoms with Crippen LogP contribution in [0, 0.1) is 3.57 Å². The van der Waals surface area contributed by atoms with Crippen LogP contribution in [0.2, 0.25) is 0 Å². The molecule has 5 heteroatoms. The number of nitrogens with zero attached hydrogens (tertiary/aromatic N) is 1. The van der Waals surface area contributed by atoms with Crippen molar-refractivity contribution in [2.24, 2.45) is 0 Å². The molecule has 0 radical (unpaired) electrons. The van der Waals surface area contributed by atoms with E-state index >= 15 is 0 Å².